The number of nitrogens with one attached hydrogen (secondary N) is 2. The maximum absolute atomic E-state index is 13.4. The number of aromatic nitrogens is 3. The van der Waals surface area contributed by atoms with E-state index < -0.39 is 11.6 Å². The fraction of sp³-hybridized carbons (Fsp3) is 0.263. The quantitative estimate of drug-likeness (QED) is 0.714. The predicted molar refractivity (Wildman–Crippen MR) is 98.6 cm³/mol. The lowest BCUT2D eigenvalue weighted by Gasteiger charge is -2.14. The Morgan fingerprint density at radius 1 is 1.07 bits per heavy atom. The summed E-state index contributed by atoms with van der Waals surface area (Å²) in [5.41, 5.74) is 3.15. The molecule has 1 saturated heterocycles. The minimum Gasteiger partial charge on any atom is -0.380 e. The summed E-state index contributed by atoms with van der Waals surface area (Å²) in [4.78, 5) is 4.17. The molecule has 0 radical (unpaired) electrons. The van der Waals surface area contributed by atoms with E-state index in [-0.39, 0.29) is 5.69 Å². The molecule has 1 aliphatic rings. The number of hydrogen-bond donors (Lipinski definition) is 2. The number of nitrogens with zero attached hydrogens (tertiary/aromatic N) is 3. The smallest absolute Gasteiger partial charge is 0.246 e. The Morgan fingerprint density at radius 3 is 2.59 bits per heavy atom. The van der Waals surface area contributed by atoms with Gasteiger partial charge in [0.15, 0.2) is 0 Å². The Kier molecular flexibility index (Phi) is 4.72. The lowest BCUT2D eigenvalue weighted by molar-refractivity contribution is 0.195. The van der Waals surface area contributed by atoms with Crippen LogP contribution in [0, 0.1) is 18.6 Å². The summed E-state index contributed by atoms with van der Waals surface area (Å²) in [5.74, 6) is -0.999. The van der Waals surface area contributed by atoms with Crippen molar-refractivity contribution in [2.24, 2.45) is 0 Å². The Balaban J connectivity index is 1.52. The standard InChI is InChI=1S/C19H19F2N5O/c1-12-4-16(23-15-2-3-27-10-15)9-17(5-12)24-19-22-11-26(25-19)18-7-13(20)6-14(21)8-18/h4-9,11,15,23H,2-3,10H2,1H3,(H,24,25). The Bertz CT molecular complexity index is 933. The van der Waals surface area contributed by atoms with Crippen molar-refractivity contribution in [3.05, 3.63) is 59.9 Å². The predicted octanol–water partition coefficient (Wildman–Crippen LogP) is 3.80. The fourth-order valence-corrected chi connectivity index (χ4v) is 3.07. The van der Waals surface area contributed by atoms with Crippen LogP contribution in [0.5, 0.6) is 0 Å². The van der Waals surface area contributed by atoms with Crippen LogP contribution in [-0.4, -0.2) is 34.0 Å². The molecule has 6 nitrogen and oxygen atoms in total. The largest absolute Gasteiger partial charge is 0.380 e. The second kappa shape index (κ2) is 7.32. The SMILES string of the molecule is Cc1cc(Nc2ncn(-c3cc(F)cc(F)c3)n2)cc(NC2CCOC2)c1. The van der Waals surface area contributed by atoms with Gasteiger partial charge in [0, 0.05) is 24.0 Å². The number of aryl methyl sites for hydroxylation is 1. The first-order valence-corrected chi connectivity index (χ1v) is 8.66. The molecular formula is C19H19F2N5O. The van der Waals surface area contributed by atoms with Gasteiger partial charge in [-0.1, -0.05) is 0 Å². The van der Waals surface area contributed by atoms with Crippen LogP contribution in [0.15, 0.2) is 42.7 Å². The van der Waals surface area contributed by atoms with Crippen LogP contribution in [0.1, 0.15) is 12.0 Å². The molecule has 4 rings (SSSR count). The van der Waals surface area contributed by atoms with Crippen molar-refractivity contribution in [2.75, 3.05) is 23.8 Å². The highest BCUT2D eigenvalue weighted by Crippen LogP contribution is 2.23. The number of benzene rings is 2. The number of ether oxygens (including phenoxy) is 1. The van der Waals surface area contributed by atoms with Crippen molar-refractivity contribution in [3.63, 3.8) is 0 Å². The maximum atomic E-state index is 13.4. The average molecular weight is 371 g/mol. The third kappa shape index (κ3) is 4.22. The summed E-state index contributed by atoms with van der Waals surface area (Å²) in [7, 11) is 0. The van der Waals surface area contributed by atoms with E-state index in [0.29, 0.717) is 18.6 Å². The third-order valence-electron chi connectivity index (χ3n) is 4.24. The number of anilines is 3. The van der Waals surface area contributed by atoms with Crippen LogP contribution in [0.4, 0.5) is 26.1 Å². The van der Waals surface area contributed by atoms with E-state index in [4.69, 9.17) is 4.74 Å². The second-order valence-corrected chi connectivity index (χ2v) is 6.56. The molecule has 1 aliphatic heterocycles. The van der Waals surface area contributed by atoms with E-state index in [9.17, 15) is 8.78 Å². The van der Waals surface area contributed by atoms with Gasteiger partial charge in [-0.2, -0.15) is 4.98 Å². The van der Waals surface area contributed by atoms with Gasteiger partial charge in [0.25, 0.3) is 0 Å². The first kappa shape index (κ1) is 17.4. The summed E-state index contributed by atoms with van der Waals surface area (Å²) in [6.07, 6.45) is 2.38. The Hall–Kier alpha value is -3.00. The molecule has 2 N–H and O–H groups in total. The van der Waals surface area contributed by atoms with Gasteiger partial charge in [-0.25, -0.2) is 13.5 Å². The number of rotatable bonds is 5. The van der Waals surface area contributed by atoms with Crippen LogP contribution in [-0.2, 0) is 4.74 Å². The minimum atomic E-state index is -0.666. The van der Waals surface area contributed by atoms with Crippen LogP contribution < -0.4 is 10.6 Å². The van der Waals surface area contributed by atoms with Gasteiger partial charge in [-0.3, -0.25) is 0 Å². The molecule has 8 heteroatoms. The third-order valence-corrected chi connectivity index (χ3v) is 4.24. The molecule has 0 saturated carbocycles. The van der Waals surface area contributed by atoms with E-state index in [0.717, 1.165) is 36.0 Å². The summed E-state index contributed by atoms with van der Waals surface area (Å²) in [6.45, 7) is 3.48. The van der Waals surface area contributed by atoms with Crippen molar-refractivity contribution in [3.8, 4) is 5.69 Å². The summed E-state index contributed by atoms with van der Waals surface area (Å²) in [6, 6.07) is 9.51. The molecular weight excluding hydrogens is 352 g/mol. The Labute approximate surface area is 155 Å². The van der Waals surface area contributed by atoms with Gasteiger partial charge in [0.1, 0.15) is 18.0 Å². The van der Waals surface area contributed by atoms with Crippen molar-refractivity contribution < 1.29 is 13.5 Å². The second-order valence-electron chi connectivity index (χ2n) is 6.56. The van der Waals surface area contributed by atoms with Crippen molar-refractivity contribution in [1.29, 1.82) is 0 Å². The highest BCUT2D eigenvalue weighted by atomic mass is 19.1. The highest BCUT2D eigenvalue weighted by Gasteiger charge is 2.15. The molecule has 2 aromatic carbocycles. The summed E-state index contributed by atoms with van der Waals surface area (Å²) < 4.78 is 33.5. The van der Waals surface area contributed by atoms with E-state index in [1.165, 1.54) is 23.1 Å². The zero-order chi connectivity index (χ0) is 18.8. The molecule has 1 aromatic heterocycles. The minimum absolute atomic E-state index is 0.265. The molecule has 0 spiro atoms. The van der Waals surface area contributed by atoms with Crippen molar-refractivity contribution in [1.82, 2.24) is 14.8 Å². The van der Waals surface area contributed by atoms with Crippen molar-refractivity contribution in [2.45, 2.75) is 19.4 Å². The summed E-state index contributed by atoms with van der Waals surface area (Å²) >= 11 is 0. The van der Waals surface area contributed by atoms with Gasteiger partial charge in [0.05, 0.1) is 18.3 Å². The highest BCUT2D eigenvalue weighted by molar-refractivity contribution is 5.63. The fourth-order valence-electron chi connectivity index (χ4n) is 3.07. The zero-order valence-electron chi connectivity index (χ0n) is 14.7. The van der Waals surface area contributed by atoms with Gasteiger partial charge >= 0.3 is 0 Å². The van der Waals surface area contributed by atoms with Crippen molar-refractivity contribution >= 4 is 17.3 Å². The maximum Gasteiger partial charge on any atom is 0.246 e. The topological polar surface area (TPSA) is 64.0 Å². The molecule has 1 atom stereocenters. The Morgan fingerprint density at radius 2 is 1.85 bits per heavy atom. The normalized spacial score (nSPS) is 16.5. The number of hydrogen-bond acceptors (Lipinski definition) is 5. The molecule has 1 unspecified atom stereocenters. The molecule has 2 heterocycles. The lowest BCUT2D eigenvalue weighted by Crippen LogP contribution is -2.18. The number of halogens is 2. The van der Waals surface area contributed by atoms with Gasteiger partial charge in [0.2, 0.25) is 5.95 Å². The summed E-state index contributed by atoms with van der Waals surface area (Å²) in [5, 5.41) is 10.8. The van der Waals surface area contributed by atoms with Gasteiger partial charge in [-0.15, -0.1) is 5.10 Å². The first-order chi connectivity index (χ1) is 13.0. The van der Waals surface area contributed by atoms with Gasteiger partial charge in [-0.05, 0) is 49.2 Å². The molecule has 0 aliphatic carbocycles. The molecule has 0 bridgehead atoms. The molecule has 27 heavy (non-hydrogen) atoms. The first-order valence-electron chi connectivity index (χ1n) is 8.66. The molecule has 0 amide bonds. The van der Waals surface area contributed by atoms with E-state index in [1.54, 1.807) is 0 Å². The van der Waals surface area contributed by atoms with E-state index in [1.807, 2.05) is 19.1 Å². The zero-order valence-corrected chi connectivity index (χ0v) is 14.7. The van der Waals surface area contributed by atoms with Crippen LogP contribution >= 0.6 is 0 Å². The van der Waals surface area contributed by atoms with E-state index in [2.05, 4.69) is 26.8 Å². The molecule has 3 aromatic rings. The molecule has 1 fully saturated rings. The van der Waals surface area contributed by atoms with Gasteiger partial charge < -0.3 is 15.4 Å². The van der Waals surface area contributed by atoms with E-state index >= 15 is 0 Å². The van der Waals surface area contributed by atoms with Crippen LogP contribution in [0.25, 0.3) is 5.69 Å². The molecule has 140 valence electrons. The lowest BCUT2D eigenvalue weighted by atomic mass is 10.1. The monoisotopic (exact) mass is 371 g/mol. The average Bonchev–Trinajstić information content (AvgIpc) is 3.25. The van der Waals surface area contributed by atoms with Crippen LogP contribution in [0.3, 0.4) is 0 Å². The van der Waals surface area contributed by atoms with Crippen LogP contribution in [0.2, 0.25) is 0 Å².